The summed E-state index contributed by atoms with van der Waals surface area (Å²) in [4.78, 5) is 29.2. The standard InChI is InChI=1S/C34H36FN3O6S/c1-4-36-34(40)31(21-25-13-7-5-8-14-25)37(23-26-15-11-12-18-29(26)35)33(39)24-38(45(41,42)28-16-9-6-10-17-28)30-22-27(43-2)19-20-32(30)44-3/h5-20,22,31H,4,21,23-24H2,1-3H3,(H,36,40)/t31-/m1/s1. The molecule has 4 rings (SSSR count). The molecule has 45 heavy (non-hydrogen) atoms. The molecule has 0 saturated carbocycles. The van der Waals surface area contributed by atoms with Crippen LogP contribution in [0.1, 0.15) is 18.1 Å². The number of ether oxygens (including phenoxy) is 2. The summed E-state index contributed by atoms with van der Waals surface area (Å²) in [6.07, 6.45) is 0.112. The first-order chi connectivity index (χ1) is 21.7. The van der Waals surface area contributed by atoms with Gasteiger partial charge in [0.05, 0.1) is 24.8 Å². The van der Waals surface area contributed by atoms with Crippen LogP contribution in [0.4, 0.5) is 10.1 Å². The molecule has 0 aliphatic carbocycles. The van der Waals surface area contributed by atoms with E-state index in [1.54, 1.807) is 37.3 Å². The van der Waals surface area contributed by atoms with Crippen LogP contribution in [0.3, 0.4) is 0 Å². The molecule has 0 saturated heterocycles. The van der Waals surface area contributed by atoms with Crippen molar-refractivity contribution < 1.29 is 31.9 Å². The third kappa shape index (κ3) is 7.98. The van der Waals surface area contributed by atoms with Gasteiger partial charge in [-0.2, -0.15) is 0 Å². The van der Waals surface area contributed by atoms with Crippen molar-refractivity contribution in [1.82, 2.24) is 10.2 Å². The lowest BCUT2D eigenvalue weighted by Crippen LogP contribution is -2.53. The second-order valence-corrected chi connectivity index (χ2v) is 11.9. The third-order valence-corrected chi connectivity index (χ3v) is 8.96. The number of anilines is 1. The lowest BCUT2D eigenvalue weighted by molar-refractivity contribution is -0.140. The molecular formula is C34H36FN3O6S. The summed E-state index contributed by atoms with van der Waals surface area (Å²) >= 11 is 0. The summed E-state index contributed by atoms with van der Waals surface area (Å²) < 4.78 is 55.2. The molecule has 0 aromatic heterocycles. The molecule has 0 bridgehead atoms. The fourth-order valence-electron chi connectivity index (χ4n) is 4.88. The minimum Gasteiger partial charge on any atom is -0.497 e. The van der Waals surface area contributed by atoms with Crippen LogP contribution in [-0.2, 0) is 32.6 Å². The first-order valence-corrected chi connectivity index (χ1v) is 15.8. The second kappa shape index (κ2) is 15.2. The Morgan fingerprint density at radius 1 is 0.867 bits per heavy atom. The summed E-state index contributed by atoms with van der Waals surface area (Å²) in [5.41, 5.74) is 0.991. The van der Waals surface area contributed by atoms with Crippen molar-refractivity contribution in [2.24, 2.45) is 0 Å². The van der Waals surface area contributed by atoms with Crippen molar-refractivity contribution in [3.05, 3.63) is 120 Å². The van der Waals surface area contributed by atoms with Gasteiger partial charge in [-0.05, 0) is 42.8 Å². The smallest absolute Gasteiger partial charge is 0.264 e. The summed E-state index contributed by atoms with van der Waals surface area (Å²) in [7, 11) is -1.54. The molecule has 236 valence electrons. The molecule has 0 aliphatic heterocycles. The third-order valence-electron chi connectivity index (χ3n) is 7.19. The molecule has 0 fully saturated rings. The van der Waals surface area contributed by atoms with E-state index in [0.717, 1.165) is 9.87 Å². The fraction of sp³-hybridized carbons (Fsp3) is 0.235. The van der Waals surface area contributed by atoms with Gasteiger partial charge >= 0.3 is 0 Å². The number of amides is 2. The second-order valence-electron chi connectivity index (χ2n) is 10.1. The van der Waals surface area contributed by atoms with E-state index in [1.165, 1.54) is 61.6 Å². The quantitative estimate of drug-likeness (QED) is 0.214. The summed E-state index contributed by atoms with van der Waals surface area (Å²) in [5.74, 6) is -1.24. The zero-order valence-electron chi connectivity index (χ0n) is 25.4. The predicted molar refractivity (Wildman–Crippen MR) is 170 cm³/mol. The summed E-state index contributed by atoms with van der Waals surface area (Å²) in [5, 5.41) is 2.78. The summed E-state index contributed by atoms with van der Waals surface area (Å²) in [6.45, 7) is 1.04. The number of hydrogen-bond donors (Lipinski definition) is 1. The number of carbonyl (C=O) groups is 2. The van der Waals surface area contributed by atoms with Gasteiger partial charge in [-0.25, -0.2) is 12.8 Å². The van der Waals surface area contributed by atoms with Gasteiger partial charge in [-0.15, -0.1) is 0 Å². The number of nitrogens with zero attached hydrogens (tertiary/aromatic N) is 2. The van der Waals surface area contributed by atoms with Crippen molar-refractivity contribution >= 4 is 27.5 Å². The number of halogens is 1. The Morgan fingerprint density at radius 2 is 1.51 bits per heavy atom. The van der Waals surface area contributed by atoms with Crippen LogP contribution in [-0.4, -0.2) is 58.5 Å². The van der Waals surface area contributed by atoms with Gasteiger partial charge in [0.15, 0.2) is 0 Å². The van der Waals surface area contributed by atoms with Crippen LogP contribution >= 0.6 is 0 Å². The lowest BCUT2D eigenvalue weighted by Gasteiger charge is -2.34. The SMILES string of the molecule is CCNC(=O)[C@@H](Cc1ccccc1)N(Cc1ccccc1F)C(=O)CN(c1cc(OC)ccc1OC)S(=O)(=O)c1ccccc1. The molecule has 0 aliphatic rings. The highest BCUT2D eigenvalue weighted by Crippen LogP contribution is 2.36. The van der Waals surface area contributed by atoms with Crippen LogP contribution in [0.25, 0.3) is 0 Å². The van der Waals surface area contributed by atoms with E-state index in [-0.39, 0.29) is 34.9 Å². The van der Waals surface area contributed by atoms with E-state index in [0.29, 0.717) is 12.3 Å². The van der Waals surface area contributed by atoms with E-state index >= 15 is 0 Å². The van der Waals surface area contributed by atoms with Crippen LogP contribution < -0.4 is 19.1 Å². The molecular weight excluding hydrogens is 597 g/mol. The topological polar surface area (TPSA) is 105 Å². The number of benzene rings is 4. The van der Waals surface area contributed by atoms with E-state index in [1.807, 2.05) is 30.3 Å². The van der Waals surface area contributed by atoms with Gasteiger partial charge in [0, 0.05) is 31.1 Å². The average Bonchev–Trinajstić information content (AvgIpc) is 3.06. The Bertz CT molecular complexity index is 1700. The molecule has 0 spiro atoms. The lowest BCUT2D eigenvalue weighted by atomic mass is 10.0. The van der Waals surface area contributed by atoms with E-state index in [4.69, 9.17) is 9.47 Å². The number of likely N-dealkylation sites (N-methyl/N-ethyl adjacent to an activating group) is 1. The maximum Gasteiger partial charge on any atom is 0.264 e. The van der Waals surface area contributed by atoms with Gasteiger partial charge in [-0.3, -0.25) is 13.9 Å². The van der Waals surface area contributed by atoms with Gasteiger partial charge in [0.1, 0.15) is 29.9 Å². The molecule has 9 nitrogen and oxygen atoms in total. The minimum absolute atomic E-state index is 0.0533. The minimum atomic E-state index is -4.36. The maximum absolute atomic E-state index is 15.0. The molecule has 0 radical (unpaired) electrons. The Labute approximate surface area is 263 Å². The fourth-order valence-corrected chi connectivity index (χ4v) is 6.32. The number of sulfonamides is 1. The van der Waals surface area contributed by atoms with Gasteiger partial charge in [-0.1, -0.05) is 66.7 Å². The molecule has 1 N–H and O–H groups in total. The Balaban J connectivity index is 1.86. The van der Waals surface area contributed by atoms with Gasteiger partial charge in [0.25, 0.3) is 10.0 Å². The number of nitrogens with one attached hydrogen (secondary N) is 1. The zero-order valence-corrected chi connectivity index (χ0v) is 26.2. The Hall–Kier alpha value is -4.90. The monoisotopic (exact) mass is 633 g/mol. The Kier molecular flexibility index (Phi) is 11.2. The highest BCUT2D eigenvalue weighted by atomic mass is 32.2. The van der Waals surface area contributed by atoms with E-state index < -0.39 is 40.2 Å². The van der Waals surface area contributed by atoms with Crippen molar-refractivity contribution in [3.8, 4) is 11.5 Å². The predicted octanol–water partition coefficient (Wildman–Crippen LogP) is 4.81. The molecule has 4 aromatic rings. The molecule has 0 heterocycles. The van der Waals surface area contributed by atoms with E-state index in [2.05, 4.69) is 5.32 Å². The summed E-state index contributed by atoms with van der Waals surface area (Å²) in [6, 6.07) is 26.2. The van der Waals surface area contributed by atoms with E-state index in [9.17, 15) is 22.4 Å². The zero-order chi connectivity index (χ0) is 32.4. The molecule has 11 heteroatoms. The number of carbonyl (C=O) groups excluding carboxylic acids is 2. The van der Waals surface area contributed by atoms with Crippen molar-refractivity contribution in [3.63, 3.8) is 0 Å². The van der Waals surface area contributed by atoms with Crippen LogP contribution in [0, 0.1) is 5.82 Å². The van der Waals surface area contributed by atoms with Crippen LogP contribution in [0.15, 0.2) is 108 Å². The van der Waals surface area contributed by atoms with Crippen LogP contribution in [0.2, 0.25) is 0 Å². The molecule has 4 aromatic carbocycles. The van der Waals surface area contributed by atoms with Gasteiger partial charge < -0.3 is 19.7 Å². The molecule has 1 atom stereocenters. The molecule has 2 amide bonds. The normalized spacial score (nSPS) is 11.7. The highest BCUT2D eigenvalue weighted by molar-refractivity contribution is 7.92. The van der Waals surface area contributed by atoms with Crippen molar-refractivity contribution in [2.75, 3.05) is 31.6 Å². The molecule has 0 unspecified atom stereocenters. The average molecular weight is 634 g/mol. The maximum atomic E-state index is 15.0. The number of rotatable bonds is 14. The number of methoxy groups -OCH3 is 2. The van der Waals surface area contributed by atoms with Gasteiger partial charge in [0.2, 0.25) is 11.8 Å². The Morgan fingerprint density at radius 3 is 2.13 bits per heavy atom. The van der Waals surface area contributed by atoms with Crippen molar-refractivity contribution in [2.45, 2.75) is 30.8 Å². The first-order valence-electron chi connectivity index (χ1n) is 14.3. The highest BCUT2D eigenvalue weighted by Gasteiger charge is 2.36. The first kappa shape index (κ1) is 33.0. The van der Waals surface area contributed by atoms with Crippen molar-refractivity contribution in [1.29, 1.82) is 0 Å². The largest absolute Gasteiger partial charge is 0.497 e. The van der Waals surface area contributed by atoms with Crippen LogP contribution in [0.5, 0.6) is 11.5 Å². The number of hydrogen-bond acceptors (Lipinski definition) is 6.